The number of carbonyl (C=O) groups excluding carboxylic acids is 1. The van der Waals surface area contributed by atoms with E-state index in [0.29, 0.717) is 31.2 Å². The lowest BCUT2D eigenvalue weighted by Crippen LogP contribution is -2.48. The van der Waals surface area contributed by atoms with Crippen LogP contribution in [0, 0.1) is 11.7 Å². The third kappa shape index (κ3) is 6.77. The number of carbonyl (C=O) groups is 1. The van der Waals surface area contributed by atoms with Gasteiger partial charge in [-0.3, -0.25) is 9.69 Å². The molecule has 1 N–H and O–H groups in total. The van der Waals surface area contributed by atoms with Gasteiger partial charge in [0, 0.05) is 24.0 Å². The molecule has 1 aromatic heterocycles. The van der Waals surface area contributed by atoms with Crippen molar-refractivity contribution >= 4 is 17.2 Å². The summed E-state index contributed by atoms with van der Waals surface area (Å²) in [6.45, 7) is 8.76. The molecular formula is C25H35FN2O3S. The minimum Gasteiger partial charge on any atom is -0.491 e. The lowest BCUT2D eigenvalue weighted by Gasteiger charge is -2.37. The Hall–Kier alpha value is -1.96. The average Bonchev–Trinajstić information content (AvgIpc) is 3.24. The monoisotopic (exact) mass is 462 g/mol. The molecule has 1 aliphatic rings. The summed E-state index contributed by atoms with van der Waals surface area (Å²) in [5.74, 6) is 0.693. The number of ether oxygens (including phenoxy) is 1. The zero-order valence-corrected chi connectivity index (χ0v) is 20.1. The maximum atomic E-state index is 13.6. The predicted molar refractivity (Wildman–Crippen MR) is 127 cm³/mol. The number of nitrogens with zero attached hydrogens (tertiary/aromatic N) is 2. The second-order valence-electron chi connectivity index (χ2n) is 8.90. The van der Waals surface area contributed by atoms with Gasteiger partial charge in [0.05, 0.1) is 18.7 Å². The zero-order chi connectivity index (χ0) is 23.1. The Kier molecular flexibility index (Phi) is 9.08. The zero-order valence-electron chi connectivity index (χ0n) is 19.3. The van der Waals surface area contributed by atoms with E-state index in [1.165, 1.54) is 17.0 Å². The Morgan fingerprint density at radius 3 is 2.91 bits per heavy atom. The first-order chi connectivity index (χ1) is 15.4. The fourth-order valence-corrected chi connectivity index (χ4v) is 4.92. The number of aliphatic hydroxyl groups excluding tert-OH is 1. The fraction of sp³-hybridized carbons (Fsp3) is 0.560. The molecule has 2 aromatic rings. The maximum absolute atomic E-state index is 13.6. The Balaban J connectivity index is 1.72. The second-order valence-corrected chi connectivity index (χ2v) is 9.90. The molecule has 3 rings (SSSR count). The smallest absolute Gasteiger partial charge is 0.237 e. The molecule has 32 heavy (non-hydrogen) atoms. The van der Waals surface area contributed by atoms with Gasteiger partial charge in [-0.25, -0.2) is 4.39 Å². The number of amides is 1. The van der Waals surface area contributed by atoms with E-state index in [0.717, 1.165) is 24.9 Å². The summed E-state index contributed by atoms with van der Waals surface area (Å²) >= 11 is 1.71. The van der Waals surface area contributed by atoms with Crippen LogP contribution in [0.4, 0.5) is 4.39 Å². The van der Waals surface area contributed by atoms with E-state index in [1.807, 2.05) is 11.8 Å². The topological polar surface area (TPSA) is 53.0 Å². The minimum absolute atomic E-state index is 0.0433. The molecular weight excluding hydrogens is 427 g/mol. The number of thiophene rings is 1. The summed E-state index contributed by atoms with van der Waals surface area (Å²) in [4.78, 5) is 18.7. The summed E-state index contributed by atoms with van der Waals surface area (Å²) in [7, 11) is 0. The van der Waals surface area contributed by atoms with Gasteiger partial charge in [0.2, 0.25) is 5.91 Å². The number of aliphatic hydroxyl groups is 1. The summed E-state index contributed by atoms with van der Waals surface area (Å²) in [6, 6.07) is 7.96. The van der Waals surface area contributed by atoms with Gasteiger partial charge in [0.25, 0.3) is 0 Å². The number of benzene rings is 1. The van der Waals surface area contributed by atoms with Crippen LogP contribution in [0.1, 0.15) is 50.1 Å². The summed E-state index contributed by atoms with van der Waals surface area (Å²) in [5, 5.41) is 12.2. The number of hydrogen-bond donors (Lipinski definition) is 1. The minimum atomic E-state index is -0.438. The van der Waals surface area contributed by atoms with Gasteiger partial charge >= 0.3 is 0 Å². The average molecular weight is 463 g/mol. The SMILES string of the molecule is CC[C@@H](O)CN(CCC(C)C)CC(=O)N1CCc2sccc2[C@@H]1COc1cccc(F)c1. The third-order valence-electron chi connectivity index (χ3n) is 5.94. The molecule has 2 atom stereocenters. The lowest BCUT2D eigenvalue weighted by atomic mass is 10.00. The molecule has 0 saturated carbocycles. The number of rotatable bonds is 11. The Labute approximate surface area is 194 Å². The highest BCUT2D eigenvalue weighted by Gasteiger charge is 2.33. The van der Waals surface area contributed by atoms with Gasteiger partial charge in [-0.2, -0.15) is 0 Å². The molecule has 2 heterocycles. The van der Waals surface area contributed by atoms with Crippen LogP contribution < -0.4 is 4.74 Å². The second kappa shape index (κ2) is 11.8. The van der Waals surface area contributed by atoms with E-state index in [2.05, 4.69) is 30.2 Å². The summed E-state index contributed by atoms with van der Waals surface area (Å²) in [5.41, 5.74) is 1.12. The van der Waals surface area contributed by atoms with Crippen LogP contribution in [0.15, 0.2) is 35.7 Å². The van der Waals surface area contributed by atoms with Crippen molar-refractivity contribution in [2.75, 3.05) is 32.8 Å². The molecule has 0 radical (unpaired) electrons. The van der Waals surface area contributed by atoms with E-state index in [4.69, 9.17) is 4.74 Å². The molecule has 0 fully saturated rings. The largest absolute Gasteiger partial charge is 0.491 e. The number of halogens is 1. The molecule has 176 valence electrons. The van der Waals surface area contributed by atoms with Gasteiger partial charge in [0.1, 0.15) is 18.2 Å². The fourth-order valence-electron chi connectivity index (χ4n) is 3.99. The van der Waals surface area contributed by atoms with Crippen molar-refractivity contribution in [3.63, 3.8) is 0 Å². The van der Waals surface area contributed by atoms with E-state index in [9.17, 15) is 14.3 Å². The van der Waals surface area contributed by atoms with Crippen molar-refractivity contribution in [3.8, 4) is 5.75 Å². The van der Waals surface area contributed by atoms with Gasteiger partial charge in [-0.1, -0.05) is 26.8 Å². The Morgan fingerprint density at radius 2 is 2.19 bits per heavy atom. The van der Waals surface area contributed by atoms with Crippen LogP contribution in [0.5, 0.6) is 5.75 Å². The summed E-state index contributed by atoms with van der Waals surface area (Å²) in [6.07, 6.45) is 2.04. The van der Waals surface area contributed by atoms with Gasteiger partial charge < -0.3 is 14.7 Å². The molecule has 1 amide bonds. The molecule has 1 aliphatic heterocycles. The van der Waals surface area contributed by atoms with Crippen LogP contribution in [-0.4, -0.2) is 59.7 Å². The Bertz CT molecular complexity index is 872. The number of hydrogen-bond acceptors (Lipinski definition) is 5. The van der Waals surface area contributed by atoms with Crippen molar-refractivity contribution in [1.82, 2.24) is 9.80 Å². The van der Waals surface area contributed by atoms with Crippen LogP contribution in [0.25, 0.3) is 0 Å². The van der Waals surface area contributed by atoms with Crippen LogP contribution >= 0.6 is 11.3 Å². The quantitative estimate of drug-likeness (QED) is 0.534. The first-order valence-corrected chi connectivity index (χ1v) is 12.4. The van der Waals surface area contributed by atoms with Gasteiger partial charge in [-0.15, -0.1) is 11.3 Å². The Morgan fingerprint density at radius 1 is 1.38 bits per heavy atom. The first kappa shape index (κ1) is 24.7. The highest BCUT2D eigenvalue weighted by molar-refractivity contribution is 7.10. The van der Waals surface area contributed by atoms with Crippen molar-refractivity contribution in [2.24, 2.45) is 5.92 Å². The van der Waals surface area contributed by atoms with Crippen LogP contribution in [0.3, 0.4) is 0 Å². The molecule has 1 aromatic carbocycles. The van der Waals surface area contributed by atoms with Crippen molar-refractivity contribution in [2.45, 2.75) is 52.2 Å². The van der Waals surface area contributed by atoms with Gasteiger partial charge in [0.15, 0.2) is 0 Å². The predicted octanol–water partition coefficient (Wildman–Crippen LogP) is 4.51. The van der Waals surface area contributed by atoms with Crippen molar-refractivity contribution < 1.29 is 19.0 Å². The lowest BCUT2D eigenvalue weighted by molar-refractivity contribution is -0.136. The van der Waals surface area contributed by atoms with E-state index in [1.54, 1.807) is 23.5 Å². The van der Waals surface area contributed by atoms with E-state index in [-0.39, 0.29) is 30.9 Å². The molecule has 0 saturated heterocycles. The molecule has 0 unspecified atom stereocenters. The van der Waals surface area contributed by atoms with Gasteiger partial charge in [-0.05, 0) is 60.9 Å². The normalized spacial score (nSPS) is 17.0. The molecule has 5 nitrogen and oxygen atoms in total. The van der Waals surface area contributed by atoms with E-state index >= 15 is 0 Å². The molecule has 0 aliphatic carbocycles. The highest BCUT2D eigenvalue weighted by Crippen LogP contribution is 2.34. The van der Waals surface area contributed by atoms with Crippen molar-refractivity contribution in [3.05, 3.63) is 52.0 Å². The molecule has 7 heteroatoms. The van der Waals surface area contributed by atoms with Crippen LogP contribution in [0.2, 0.25) is 0 Å². The molecule has 0 bridgehead atoms. The van der Waals surface area contributed by atoms with E-state index < -0.39 is 6.10 Å². The first-order valence-electron chi connectivity index (χ1n) is 11.5. The standard InChI is InChI=1S/C25H35FN2O3S/c1-4-20(29)15-27(11-8-18(2)3)16-25(30)28-12-9-24-22(10-13-32-24)23(28)17-31-21-7-5-6-19(26)14-21/h5-7,10,13-14,18,20,23,29H,4,8-9,11-12,15-17H2,1-3H3/t20-,23+/m1/s1. The highest BCUT2D eigenvalue weighted by atomic mass is 32.1. The van der Waals surface area contributed by atoms with Crippen LogP contribution in [-0.2, 0) is 11.2 Å². The maximum Gasteiger partial charge on any atom is 0.237 e. The summed E-state index contributed by atoms with van der Waals surface area (Å²) < 4.78 is 19.5. The third-order valence-corrected chi connectivity index (χ3v) is 6.94. The molecule has 0 spiro atoms. The number of fused-ring (bicyclic) bond motifs is 1. The van der Waals surface area contributed by atoms with Crippen molar-refractivity contribution in [1.29, 1.82) is 0 Å².